The summed E-state index contributed by atoms with van der Waals surface area (Å²) in [6.07, 6.45) is 0.812. The van der Waals surface area contributed by atoms with Crippen LogP contribution in [0.2, 0.25) is 0 Å². The molecule has 0 bridgehead atoms. The molecule has 0 radical (unpaired) electrons. The lowest BCUT2D eigenvalue weighted by atomic mass is 10.00. The number of thiophene rings is 1. The van der Waals surface area contributed by atoms with Crippen LogP contribution in [0.1, 0.15) is 66.0 Å². The van der Waals surface area contributed by atoms with Gasteiger partial charge in [0.15, 0.2) is 0 Å². The number of benzene rings is 2. The molecule has 1 atom stereocenters. The van der Waals surface area contributed by atoms with Gasteiger partial charge in [0.05, 0.1) is 13.2 Å². The molecule has 0 saturated heterocycles. The number of nitrogens with zero attached hydrogens (tertiary/aromatic N) is 2. The van der Waals surface area contributed by atoms with Crippen molar-refractivity contribution in [1.82, 2.24) is 9.80 Å². The first kappa shape index (κ1) is 27.7. The maximum absolute atomic E-state index is 13.8. The molecule has 202 valence electrons. The molecule has 0 aliphatic carbocycles. The molecule has 2 heterocycles. The van der Waals surface area contributed by atoms with Crippen molar-refractivity contribution in [3.05, 3.63) is 81.5 Å². The van der Waals surface area contributed by atoms with Crippen LogP contribution >= 0.6 is 11.3 Å². The number of hydrogen-bond acceptors (Lipinski definition) is 5. The van der Waals surface area contributed by atoms with Crippen LogP contribution < -0.4 is 9.47 Å². The molecule has 1 aliphatic rings. The summed E-state index contributed by atoms with van der Waals surface area (Å²) in [5.74, 6) is 1.84. The smallest absolute Gasteiger partial charge is 0.254 e. The van der Waals surface area contributed by atoms with Crippen LogP contribution in [0.15, 0.2) is 60.0 Å². The lowest BCUT2D eigenvalue weighted by Crippen LogP contribution is -2.48. The molecular weight excluding hydrogens is 496 g/mol. The van der Waals surface area contributed by atoms with Crippen molar-refractivity contribution in [3.63, 3.8) is 0 Å². The fraction of sp³-hybridized carbons (Fsp3) is 0.419. The van der Waals surface area contributed by atoms with Gasteiger partial charge in [0.1, 0.15) is 24.7 Å². The van der Waals surface area contributed by atoms with Crippen LogP contribution in [0.4, 0.5) is 0 Å². The predicted octanol–water partition coefficient (Wildman–Crippen LogP) is 6.18. The van der Waals surface area contributed by atoms with Gasteiger partial charge in [0.25, 0.3) is 5.91 Å². The molecular formula is C31H38N2O4S. The van der Waals surface area contributed by atoms with E-state index in [1.54, 1.807) is 41.5 Å². The third-order valence-corrected chi connectivity index (χ3v) is 7.88. The summed E-state index contributed by atoms with van der Waals surface area (Å²) >= 11 is 1.73. The number of carbonyl (C=O) groups is 2. The second-order valence-electron chi connectivity index (χ2n) is 10.5. The number of rotatable bonds is 10. The summed E-state index contributed by atoms with van der Waals surface area (Å²) in [4.78, 5) is 32.1. The summed E-state index contributed by atoms with van der Waals surface area (Å²) in [7, 11) is 1.58. The van der Waals surface area contributed by atoms with Crippen molar-refractivity contribution in [2.75, 3.05) is 33.4 Å². The van der Waals surface area contributed by atoms with Gasteiger partial charge in [-0.1, -0.05) is 45.9 Å². The lowest BCUT2D eigenvalue weighted by Gasteiger charge is -2.37. The lowest BCUT2D eigenvalue weighted by molar-refractivity contribution is -0.135. The zero-order valence-corrected chi connectivity index (χ0v) is 23.8. The van der Waals surface area contributed by atoms with E-state index in [2.05, 4.69) is 51.3 Å². The maximum Gasteiger partial charge on any atom is 0.254 e. The standard InChI is InChI=1S/C31H38N2O4S/c1-21(2)18-32(31(35)24-7-6-8-26(17-24)36-5)19-30(34)33-15-13-29-27(14-16-38-29)28(33)20-37-25-11-9-23(10-12-25)22(3)4/h6-12,14,16-17,21-22,28H,13,15,18-20H2,1-5H3/t28-/m1/s1. The highest BCUT2D eigenvalue weighted by atomic mass is 32.1. The largest absolute Gasteiger partial charge is 0.497 e. The van der Waals surface area contributed by atoms with Crippen molar-refractivity contribution < 1.29 is 19.1 Å². The molecule has 38 heavy (non-hydrogen) atoms. The van der Waals surface area contributed by atoms with Gasteiger partial charge in [-0.25, -0.2) is 0 Å². The van der Waals surface area contributed by atoms with Crippen molar-refractivity contribution in [2.45, 2.75) is 46.1 Å². The number of ether oxygens (including phenoxy) is 2. The summed E-state index contributed by atoms with van der Waals surface area (Å²) in [5, 5.41) is 2.08. The maximum atomic E-state index is 13.8. The number of fused-ring (bicyclic) bond motifs is 1. The highest BCUT2D eigenvalue weighted by Crippen LogP contribution is 2.34. The van der Waals surface area contributed by atoms with E-state index < -0.39 is 0 Å². The first-order valence-electron chi connectivity index (χ1n) is 13.3. The van der Waals surface area contributed by atoms with Gasteiger partial charge < -0.3 is 19.3 Å². The molecule has 1 aromatic heterocycles. The fourth-order valence-corrected chi connectivity index (χ4v) is 5.78. The molecule has 0 N–H and O–H groups in total. The molecule has 2 aromatic carbocycles. The van der Waals surface area contributed by atoms with Gasteiger partial charge >= 0.3 is 0 Å². The van der Waals surface area contributed by atoms with Crippen LogP contribution in [-0.2, 0) is 11.2 Å². The minimum absolute atomic E-state index is 0.0211. The van der Waals surface area contributed by atoms with Crippen molar-refractivity contribution in [2.24, 2.45) is 5.92 Å². The van der Waals surface area contributed by atoms with E-state index in [4.69, 9.17) is 9.47 Å². The predicted molar refractivity (Wildman–Crippen MR) is 152 cm³/mol. The molecule has 0 unspecified atom stereocenters. The van der Waals surface area contributed by atoms with Gasteiger partial charge in [0.2, 0.25) is 5.91 Å². The van der Waals surface area contributed by atoms with Crippen LogP contribution in [0, 0.1) is 5.92 Å². The summed E-state index contributed by atoms with van der Waals surface area (Å²) < 4.78 is 11.5. The van der Waals surface area contributed by atoms with Crippen LogP contribution in [0.5, 0.6) is 11.5 Å². The van der Waals surface area contributed by atoms with Crippen molar-refractivity contribution in [3.8, 4) is 11.5 Å². The Bertz CT molecular complexity index is 1230. The van der Waals surface area contributed by atoms with Gasteiger partial charge in [-0.15, -0.1) is 11.3 Å². The van der Waals surface area contributed by atoms with Crippen molar-refractivity contribution >= 4 is 23.2 Å². The normalized spacial score (nSPS) is 14.9. The molecule has 3 aromatic rings. The molecule has 0 saturated carbocycles. The number of hydrogen-bond donors (Lipinski definition) is 0. The number of carbonyl (C=O) groups excluding carboxylic acids is 2. The fourth-order valence-electron chi connectivity index (χ4n) is 4.85. The zero-order valence-electron chi connectivity index (χ0n) is 23.0. The summed E-state index contributed by atoms with van der Waals surface area (Å²) in [6, 6.07) is 17.2. The second kappa shape index (κ2) is 12.5. The monoisotopic (exact) mass is 534 g/mol. The van der Waals surface area contributed by atoms with Gasteiger partial charge in [0, 0.05) is 23.5 Å². The van der Waals surface area contributed by atoms with Crippen LogP contribution in [-0.4, -0.2) is 55.0 Å². The van der Waals surface area contributed by atoms with Crippen molar-refractivity contribution in [1.29, 1.82) is 0 Å². The first-order chi connectivity index (χ1) is 18.3. The van der Waals surface area contributed by atoms with Gasteiger partial charge in [-0.05, 0) is 71.2 Å². The second-order valence-corrected chi connectivity index (χ2v) is 11.5. The Morgan fingerprint density at radius 2 is 1.82 bits per heavy atom. The van der Waals surface area contributed by atoms with Gasteiger partial charge in [-0.2, -0.15) is 0 Å². The summed E-state index contributed by atoms with van der Waals surface area (Å²) in [5.41, 5.74) is 2.92. The Kier molecular flexibility index (Phi) is 9.10. The molecule has 0 spiro atoms. The van der Waals surface area contributed by atoms with E-state index >= 15 is 0 Å². The zero-order chi connectivity index (χ0) is 27.2. The Balaban J connectivity index is 1.52. The number of amides is 2. The van der Waals surface area contributed by atoms with Crippen LogP contribution in [0.25, 0.3) is 0 Å². The summed E-state index contributed by atoms with van der Waals surface area (Å²) in [6.45, 7) is 9.92. The SMILES string of the molecule is COc1cccc(C(=O)N(CC(=O)N2CCc3sccc3[C@H]2COc2ccc(C(C)C)cc2)CC(C)C)c1. The minimum atomic E-state index is -0.199. The van der Waals surface area contributed by atoms with Gasteiger partial charge in [-0.3, -0.25) is 9.59 Å². The topological polar surface area (TPSA) is 59.1 Å². The highest BCUT2D eigenvalue weighted by Gasteiger charge is 2.34. The third kappa shape index (κ3) is 6.57. The molecule has 7 heteroatoms. The van der Waals surface area contributed by atoms with E-state index in [-0.39, 0.29) is 30.3 Å². The average Bonchev–Trinajstić information content (AvgIpc) is 3.40. The molecule has 1 aliphatic heterocycles. The van der Waals surface area contributed by atoms with E-state index in [9.17, 15) is 9.59 Å². The van der Waals surface area contributed by atoms with E-state index in [1.807, 2.05) is 23.1 Å². The molecule has 6 nitrogen and oxygen atoms in total. The van der Waals surface area contributed by atoms with E-state index in [0.717, 1.165) is 17.7 Å². The minimum Gasteiger partial charge on any atom is -0.497 e. The first-order valence-corrected chi connectivity index (χ1v) is 14.2. The Hall–Kier alpha value is -3.32. The highest BCUT2D eigenvalue weighted by molar-refractivity contribution is 7.10. The molecule has 4 rings (SSSR count). The quantitative estimate of drug-likeness (QED) is 0.312. The van der Waals surface area contributed by atoms with Crippen LogP contribution in [0.3, 0.4) is 0 Å². The average molecular weight is 535 g/mol. The Morgan fingerprint density at radius 3 is 2.50 bits per heavy atom. The van der Waals surface area contributed by atoms with E-state index in [0.29, 0.717) is 36.9 Å². The molecule has 2 amide bonds. The number of methoxy groups -OCH3 is 1. The third-order valence-electron chi connectivity index (χ3n) is 6.89. The molecule has 0 fully saturated rings. The van der Waals surface area contributed by atoms with E-state index in [1.165, 1.54) is 10.4 Å². The Labute approximate surface area is 230 Å². The Morgan fingerprint density at radius 1 is 1.05 bits per heavy atom.